The Balaban J connectivity index is 2.18. The van der Waals surface area contributed by atoms with Gasteiger partial charge in [-0.05, 0) is 48.6 Å². The van der Waals surface area contributed by atoms with Gasteiger partial charge in [0.05, 0.1) is 14.2 Å². The summed E-state index contributed by atoms with van der Waals surface area (Å²) < 4.78 is 10.9. The SMILES string of the molecule is COc1ccc2c(c1-c1c(OC)ccc3c1C(=O)C=CC3=O)C(=O)C=CC2=O. The van der Waals surface area contributed by atoms with Crippen LogP contribution in [0, 0.1) is 0 Å². The highest BCUT2D eigenvalue weighted by molar-refractivity contribution is 6.28. The molecule has 6 nitrogen and oxygen atoms in total. The van der Waals surface area contributed by atoms with Crippen LogP contribution in [0.2, 0.25) is 0 Å². The molecule has 2 aromatic carbocycles. The zero-order valence-corrected chi connectivity index (χ0v) is 15.1. The van der Waals surface area contributed by atoms with E-state index in [2.05, 4.69) is 0 Å². The maximum absolute atomic E-state index is 12.7. The number of allylic oxidation sites excluding steroid dienone is 4. The Morgan fingerprint density at radius 2 is 0.857 bits per heavy atom. The number of ketones is 4. The van der Waals surface area contributed by atoms with E-state index in [0.717, 1.165) is 0 Å². The van der Waals surface area contributed by atoms with Gasteiger partial charge in [-0.15, -0.1) is 0 Å². The summed E-state index contributed by atoms with van der Waals surface area (Å²) in [5.74, 6) is -0.871. The van der Waals surface area contributed by atoms with Crippen molar-refractivity contribution in [2.45, 2.75) is 0 Å². The molecule has 0 saturated heterocycles. The minimum atomic E-state index is -0.395. The third kappa shape index (κ3) is 2.42. The van der Waals surface area contributed by atoms with Crippen LogP contribution < -0.4 is 9.47 Å². The van der Waals surface area contributed by atoms with E-state index in [9.17, 15) is 19.2 Å². The highest BCUT2D eigenvalue weighted by atomic mass is 16.5. The second-order valence-corrected chi connectivity index (χ2v) is 6.25. The fourth-order valence-corrected chi connectivity index (χ4v) is 3.58. The Bertz CT molecular complexity index is 1060. The second-order valence-electron chi connectivity index (χ2n) is 6.25. The summed E-state index contributed by atoms with van der Waals surface area (Å²) in [4.78, 5) is 50.1. The first-order chi connectivity index (χ1) is 13.5. The van der Waals surface area contributed by atoms with Crippen molar-refractivity contribution >= 4 is 23.1 Å². The zero-order chi connectivity index (χ0) is 20.0. The molecule has 0 amide bonds. The third-order valence-corrected chi connectivity index (χ3v) is 4.82. The third-order valence-electron chi connectivity index (χ3n) is 4.82. The van der Waals surface area contributed by atoms with E-state index in [1.54, 1.807) is 12.1 Å². The smallest absolute Gasteiger partial charge is 0.187 e. The summed E-state index contributed by atoms with van der Waals surface area (Å²) in [6, 6.07) is 6.14. The van der Waals surface area contributed by atoms with Gasteiger partial charge in [0.2, 0.25) is 0 Å². The minimum absolute atomic E-state index is 0.119. The molecule has 0 fully saturated rings. The van der Waals surface area contributed by atoms with Gasteiger partial charge in [0, 0.05) is 33.4 Å². The molecule has 0 aromatic heterocycles. The van der Waals surface area contributed by atoms with E-state index in [4.69, 9.17) is 9.47 Å². The van der Waals surface area contributed by atoms with E-state index < -0.39 is 11.6 Å². The molecular formula is C22H14O6. The Labute approximate surface area is 160 Å². The first kappa shape index (κ1) is 17.6. The largest absolute Gasteiger partial charge is 0.496 e. The molecular weight excluding hydrogens is 360 g/mol. The molecule has 0 aliphatic heterocycles. The van der Waals surface area contributed by atoms with Crippen LogP contribution in [-0.4, -0.2) is 37.4 Å². The quantitative estimate of drug-likeness (QED) is 0.820. The van der Waals surface area contributed by atoms with Gasteiger partial charge in [0.15, 0.2) is 23.1 Å². The van der Waals surface area contributed by atoms with Crippen LogP contribution in [0.25, 0.3) is 11.1 Å². The lowest BCUT2D eigenvalue weighted by Gasteiger charge is -2.23. The first-order valence-electron chi connectivity index (χ1n) is 8.43. The Morgan fingerprint density at radius 3 is 1.21 bits per heavy atom. The minimum Gasteiger partial charge on any atom is -0.496 e. The number of carbonyl (C=O) groups excluding carboxylic acids is 4. The molecule has 0 saturated carbocycles. The topological polar surface area (TPSA) is 86.7 Å². The standard InChI is InChI=1S/C22H14O6/c1-27-17-9-3-11-13(23)5-7-15(25)19(11)21(17)22-18(28-2)10-4-12-14(24)6-8-16(26)20(12)22/h3-10H,1-2H3. The van der Waals surface area contributed by atoms with Gasteiger partial charge in [-0.3, -0.25) is 19.2 Å². The lowest BCUT2D eigenvalue weighted by Crippen LogP contribution is -2.17. The predicted octanol–water partition coefficient (Wildman–Crippen LogP) is 3.24. The fraction of sp³-hybridized carbons (Fsp3) is 0.0909. The fourth-order valence-electron chi connectivity index (χ4n) is 3.58. The van der Waals surface area contributed by atoms with Gasteiger partial charge in [-0.25, -0.2) is 0 Å². The van der Waals surface area contributed by atoms with Crippen molar-refractivity contribution < 1.29 is 28.7 Å². The summed E-state index contributed by atoms with van der Waals surface area (Å²) in [6.45, 7) is 0. The van der Waals surface area contributed by atoms with Crippen LogP contribution in [0.3, 0.4) is 0 Å². The number of methoxy groups -OCH3 is 2. The van der Waals surface area contributed by atoms with Gasteiger partial charge in [0.1, 0.15) is 11.5 Å². The van der Waals surface area contributed by atoms with Crippen molar-refractivity contribution in [3.63, 3.8) is 0 Å². The lowest BCUT2D eigenvalue weighted by molar-refractivity contribution is 0.0992. The van der Waals surface area contributed by atoms with Crippen LogP contribution in [-0.2, 0) is 0 Å². The summed E-state index contributed by atoms with van der Waals surface area (Å²) in [5.41, 5.74) is 1.16. The van der Waals surface area contributed by atoms with Crippen molar-refractivity contribution in [2.75, 3.05) is 14.2 Å². The normalized spacial score (nSPS) is 14.8. The van der Waals surface area contributed by atoms with E-state index in [-0.39, 0.29) is 56.4 Å². The molecule has 0 spiro atoms. The molecule has 2 aliphatic rings. The molecule has 0 radical (unpaired) electrons. The Hall–Kier alpha value is -3.80. The van der Waals surface area contributed by atoms with Gasteiger partial charge < -0.3 is 9.47 Å². The molecule has 2 aromatic rings. The Kier molecular flexibility index (Phi) is 4.04. The maximum atomic E-state index is 12.7. The van der Waals surface area contributed by atoms with Crippen LogP contribution in [0.4, 0.5) is 0 Å². The summed E-state index contributed by atoms with van der Waals surface area (Å²) in [6.07, 6.45) is 4.77. The number of ether oxygens (including phenoxy) is 2. The number of hydrogen-bond acceptors (Lipinski definition) is 6. The highest BCUT2D eigenvalue weighted by Crippen LogP contribution is 2.45. The molecule has 0 heterocycles. The first-order valence-corrected chi connectivity index (χ1v) is 8.43. The molecule has 138 valence electrons. The molecule has 6 heteroatoms. The molecule has 28 heavy (non-hydrogen) atoms. The number of hydrogen-bond donors (Lipinski definition) is 0. The van der Waals surface area contributed by atoms with Crippen molar-refractivity contribution in [1.82, 2.24) is 0 Å². The van der Waals surface area contributed by atoms with Crippen molar-refractivity contribution in [3.05, 3.63) is 70.8 Å². The number of carbonyl (C=O) groups is 4. The highest BCUT2D eigenvalue weighted by Gasteiger charge is 2.32. The molecule has 0 N–H and O–H groups in total. The van der Waals surface area contributed by atoms with Crippen LogP contribution in [0.5, 0.6) is 11.5 Å². The Morgan fingerprint density at radius 1 is 0.500 bits per heavy atom. The van der Waals surface area contributed by atoms with Crippen LogP contribution in [0.1, 0.15) is 41.4 Å². The monoisotopic (exact) mass is 374 g/mol. The van der Waals surface area contributed by atoms with E-state index in [1.807, 2.05) is 0 Å². The number of rotatable bonds is 3. The molecule has 0 bridgehead atoms. The van der Waals surface area contributed by atoms with Gasteiger partial charge >= 0.3 is 0 Å². The average Bonchev–Trinajstić information content (AvgIpc) is 2.71. The predicted molar refractivity (Wildman–Crippen MR) is 101 cm³/mol. The van der Waals surface area contributed by atoms with E-state index >= 15 is 0 Å². The van der Waals surface area contributed by atoms with E-state index in [0.29, 0.717) is 0 Å². The van der Waals surface area contributed by atoms with Gasteiger partial charge in [-0.1, -0.05) is 0 Å². The lowest BCUT2D eigenvalue weighted by atomic mass is 9.81. The second kappa shape index (κ2) is 6.42. The van der Waals surface area contributed by atoms with Gasteiger partial charge in [0.25, 0.3) is 0 Å². The van der Waals surface area contributed by atoms with E-state index in [1.165, 1.54) is 50.7 Å². The average molecular weight is 374 g/mol. The summed E-state index contributed by atoms with van der Waals surface area (Å²) >= 11 is 0. The molecule has 0 unspecified atom stereocenters. The van der Waals surface area contributed by atoms with Crippen molar-refractivity contribution in [2.24, 2.45) is 0 Å². The van der Waals surface area contributed by atoms with Crippen LogP contribution >= 0.6 is 0 Å². The zero-order valence-electron chi connectivity index (χ0n) is 15.1. The number of fused-ring (bicyclic) bond motifs is 2. The molecule has 0 atom stereocenters. The van der Waals surface area contributed by atoms with Gasteiger partial charge in [-0.2, -0.15) is 0 Å². The summed E-state index contributed by atoms with van der Waals surface area (Å²) in [5, 5.41) is 0. The number of benzene rings is 2. The molecule has 2 aliphatic carbocycles. The van der Waals surface area contributed by atoms with Crippen LogP contribution in [0.15, 0.2) is 48.6 Å². The van der Waals surface area contributed by atoms with Crippen molar-refractivity contribution in [1.29, 1.82) is 0 Å². The maximum Gasteiger partial charge on any atom is 0.187 e. The summed E-state index contributed by atoms with van der Waals surface area (Å²) in [7, 11) is 2.84. The molecule has 4 rings (SSSR count). The van der Waals surface area contributed by atoms with Crippen molar-refractivity contribution in [3.8, 4) is 22.6 Å².